The number of amides is 2. The summed E-state index contributed by atoms with van der Waals surface area (Å²) in [6.45, 7) is 0.0806. The molecule has 2 amide bonds. The lowest BCUT2D eigenvalue weighted by molar-refractivity contribution is -0.118. The number of nitrogens with two attached hydrogens (primary N) is 1. The molecule has 1 atom stereocenters. The average molecular weight is 497 g/mol. The van der Waals surface area contributed by atoms with Crippen molar-refractivity contribution < 1.29 is 14.3 Å². The van der Waals surface area contributed by atoms with Crippen LogP contribution in [0.15, 0.2) is 72.9 Å². The largest absolute Gasteiger partial charge is 0.445 e. The van der Waals surface area contributed by atoms with Crippen LogP contribution in [-0.4, -0.2) is 23.0 Å². The third kappa shape index (κ3) is 5.62. The molecule has 0 saturated heterocycles. The Kier molecular flexibility index (Phi) is 7.25. The van der Waals surface area contributed by atoms with Crippen molar-refractivity contribution in [3.63, 3.8) is 0 Å². The molecule has 0 bridgehead atoms. The highest BCUT2D eigenvalue weighted by Gasteiger charge is 2.24. The van der Waals surface area contributed by atoms with E-state index in [1.165, 1.54) is 12.1 Å². The number of nitrogens with one attached hydrogen (secondary N) is 3. The first-order valence-corrected chi connectivity index (χ1v) is 11.2. The second-order valence-electron chi connectivity index (χ2n) is 7.67. The number of rotatable bonds is 7. The van der Waals surface area contributed by atoms with Gasteiger partial charge in [0, 0.05) is 29.2 Å². The van der Waals surface area contributed by atoms with Crippen LogP contribution in [0.4, 0.5) is 16.2 Å². The van der Waals surface area contributed by atoms with E-state index in [2.05, 4.69) is 15.6 Å². The summed E-state index contributed by atoms with van der Waals surface area (Å²) in [4.78, 5) is 28.9. The third-order valence-corrected chi connectivity index (χ3v) is 5.89. The van der Waals surface area contributed by atoms with Crippen LogP contribution in [-0.2, 0) is 22.6 Å². The minimum atomic E-state index is -0.933. The monoisotopic (exact) mass is 496 g/mol. The van der Waals surface area contributed by atoms with Crippen LogP contribution in [0.3, 0.4) is 0 Å². The first-order chi connectivity index (χ1) is 16.4. The number of nitrogen functional groups attached to an aromatic ring is 1. The number of aromatic nitrogens is 1. The van der Waals surface area contributed by atoms with Crippen molar-refractivity contribution in [1.29, 1.82) is 0 Å². The zero-order valence-electron chi connectivity index (χ0n) is 18.0. The lowest BCUT2D eigenvalue weighted by Gasteiger charge is -2.19. The van der Waals surface area contributed by atoms with E-state index in [9.17, 15) is 9.59 Å². The Morgan fingerprint density at radius 1 is 1.00 bits per heavy atom. The van der Waals surface area contributed by atoms with Crippen molar-refractivity contribution in [3.8, 4) is 0 Å². The Labute approximate surface area is 206 Å². The standard InChI is InChI=1S/C25H22Cl2N4O3/c26-19-11-17(12-20(27)23(19)28)30-24(32)22(10-16-13-29-21-9-5-4-8-18(16)21)31-25(33)34-14-15-6-2-1-3-7-15/h1-9,11-13,22,29H,10,14,28H2,(H,30,32)(H,31,33)/t22-/m0/s1. The fourth-order valence-corrected chi connectivity index (χ4v) is 4.01. The number of ether oxygens (including phenoxy) is 1. The second-order valence-corrected chi connectivity index (χ2v) is 8.48. The Hall–Kier alpha value is -3.68. The van der Waals surface area contributed by atoms with Gasteiger partial charge in [0.05, 0.1) is 15.7 Å². The number of carbonyl (C=O) groups excluding carboxylic acids is 2. The Morgan fingerprint density at radius 2 is 1.68 bits per heavy atom. The predicted octanol–water partition coefficient (Wildman–Crippen LogP) is 5.53. The molecule has 34 heavy (non-hydrogen) atoms. The molecule has 0 saturated carbocycles. The van der Waals surface area contributed by atoms with Gasteiger partial charge >= 0.3 is 6.09 Å². The van der Waals surface area contributed by atoms with E-state index in [0.717, 1.165) is 22.0 Å². The predicted molar refractivity (Wildman–Crippen MR) is 135 cm³/mol. The highest BCUT2D eigenvalue weighted by atomic mass is 35.5. The average Bonchev–Trinajstić information content (AvgIpc) is 3.24. The Bertz CT molecular complexity index is 1300. The van der Waals surface area contributed by atoms with Crippen LogP contribution in [0.25, 0.3) is 10.9 Å². The zero-order chi connectivity index (χ0) is 24.1. The van der Waals surface area contributed by atoms with Crippen LogP contribution in [0.1, 0.15) is 11.1 Å². The van der Waals surface area contributed by atoms with E-state index in [0.29, 0.717) is 5.69 Å². The number of alkyl carbamates (subject to hydrolysis) is 1. The summed E-state index contributed by atoms with van der Waals surface area (Å²) in [6, 6.07) is 19.1. The third-order valence-electron chi connectivity index (χ3n) is 5.27. The summed E-state index contributed by atoms with van der Waals surface area (Å²) < 4.78 is 5.32. The fourth-order valence-electron chi connectivity index (χ4n) is 3.52. The number of benzene rings is 3. The molecule has 0 spiro atoms. The van der Waals surface area contributed by atoms with Gasteiger partial charge in [-0.05, 0) is 29.3 Å². The molecule has 3 aromatic carbocycles. The summed E-state index contributed by atoms with van der Waals surface area (Å²) in [6.07, 6.45) is 1.34. The van der Waals surface area contributed by atoms with Crippen molar-refractivity contribution in [2.24, 2.45) is 0 Å². The summed E-state index contributed by atoms with van der Waals surface area (Å²) in [7, 11) is 0. The highest BCUT2D eigenvalue weighted by Crippen LogP contribution is 2.31. The number of H-pyrrole nitrogens is 1. The zero-order valence-corrected chi connectivity index (χ0v) is 19.5. The summed E-state index contributed by atoms with van der Waals surface area (Å²) in [5.74, 6) is -0.459. The molecular weight excluding hydrogens is 475 g/mol. The van der Waals surface area contributed by atoms with Gasteiger partial charge in [-0.3, -0.25) is 4.79 Å². The van der Waals surface area contributed by atoms with Gasteiger partial charge < -0.3 is 26.1 Å². The van der Waals surface area contributed by atoms with Gasteiger partial charge in [0.1, 0.15) is 12.6 Å². The smallest absolute Gasteiger partial charge is 0.408 e. The molecule has 5 N–H and O–H groups in total. The maximum Gasteiger partial charge on any atom is 0.408 e. The van der Waals surface area contributed by atoms with Gasteiger partial charge in [0.15, 0.2) is 0 Å². The van der Waals surface area contributed by atoms with Crippen LogP contribution in [0, 0.1) is 0 Å². The van der Waals surface area contributed by atoms with Crippen molar-refractivity contribution in [2.75, 3.05) is 11.1 Å². The molecule has 7 nitrogen and oxygen atoms in total. The molecule has 0 aliphatic carbocycles. The molecule has 0 aliphatic rings. The Morgan fingerprint density at radius 3 is 2.41 bits per heavy atom. The van der Waals surface area contributed by atoms with Gasteiger partial charge in [0.25, 0.3) is 0 Å². The highest BCUT2D eigenvalue weighted by molar-refractivity contribution is 6.39. The lowest BCUT2D eigenvalue weighted by Crippen LogP contribution is -2.45. The van der Waals surface area contributed by atoms with Crippen molar-refractivity contribution in [1.82, 2.24) is 10.3 Å². The van der Waals surface area contributed by atoms with Crippen molar-refractivity contribution in [3.05, 3.63) is 94.1 Å². The number of halogens is 2. The van der Waals surface area contributed by atoms with Gasteiger partial charge in [0.2, 0.25) is 5.91 Å². The van der Waals surface area contributed by atoms with Crippen molar-refractivity contribution in [2.45, 2.75) is 19.1 Å². The van der Waals surface area contributed by atoms with E-state index in [1.807, 2.05) is 60.8 Å². The minimum absolute atomic E-state index is 0.0806. The van der Waals surface area contributed by atoms with Crippen LogP contribution >= 0.6 is 23.2 Å². The summed E-state index contributed by atoms with van der Waals surface area (Å²) >= 11 is 12.2. The molecule has 0 unspecified atom stereocenters. The molecule has 4 aromatic rings. The quantitative estimate of drug-likeness (QED) is 0.252. The van der Waals surface area contributed by atoms with Gasteiger partial charge in [-0.25, -0.2) is 4.79 Å². The first kappa shape index (κ1) is 23.5. The van der Waals surface area contributed by atoms with Gasteiger partial charge in [-0.2, -0.15) is 0 Å². The molecule has 0 aliphatic heterocycles. The fraction of sp³-hybridized carbons (Fsp3) is 0.120. The van der Waals surface area contributed by atoms with E-state index in [1.54, 1.807) is 0 Å². The van der Waals surface area contributed by atoms with Crippen molar-refractivity contribution >= 4 is 57.5 Å². The number of anilines is 2. The number of aromatic amines is 1. The molecule has 1 aromatic heterocycles. The maximum atomic E-state index is 13.2. The topological polar surface area (TPSA) is 109 Å². The van der Waals surface area contributed by atoms with Crippen LogP contribution in [0.2, 0.25) is 10.0 Å². The first-order valence-electron chi connectivity index (χ1n) is 10.5. The second kappa shape index (κ2) is 10.5. The minimum Gasteiger partial charge on any atom is -0.445 e. The number of para-hydroxylation sites is 1. The number of carbonyl (C=O) groups is 2. The van der Waals surface area contributed by atoms with E-state index < -0.39 is 18.0 Å². The number of hydrogen-bond donors (Lipinski definition) is 4. The number of hydrogen-bond acceptors (Lipinski definition) is 4. The summed E-state index contributed by atoms with van der Waals surface area (Å²) in [5, 5.41) is 6.80. The van der Waals surface area contributed by atoms with Gasteiger partial charge in [-0.15, -0.1) is 0 Å². The van der Waals surface area contributed by atoms with Crippen LogP contribution in [0.5, 0.6) is 0 Å². The molecule has 4 rings (SSSR count). The molecule has 9 heteroatoms. The van der Waals surface area contributed by atoms with Gasteiger partial charge in [-0.1, -0.05) is 71.7 Å². The maximum absolute atomic E-state index is 13.2. The van der Waals surface area contributed by atoms with E-state index >= 15 is 0 Å². The molecular formula is C25H22Cl2N4O3. The lowest BCUT2D eigenvalue weighted by atomic mass is 10.0. The normalized spacial score (nSPS) is 11.7. The molecule has 174 valence electrons. The molecule has 0 fully saturated rings. The molecule has 1 heterocycles. The molecule has 0 radical (unpaired) electrons. The number of fused-ring (bicyclic) bond motifs is 1. The van der Waals surface area contributed by atoms with Crippen LogP contribution < -0.4 is 16.4 Å². The Balaban J connectivity index is 1.52. The van der Waals surface area contributed by atoms with E-state index in [4.69, 9.17) is 33.7 Å². The summed E-state index contributed by atoms with van der Waals surface area (Å²) in [5.41, 5.74) is 8.99. The van der Waals surface area contributed by atoms with E-state index in [-0.39, 0.29) is 28.8 Å². The SMILES string of the molecule is Nc1c(Cl)cc(NC(=O)[C@H](Cc2c[nH]c3ccccc23)NC(=O)OCc2ccccc2)cc1Cl.